The lowest BCUT2D eigenvalue weighted by Crippen LogP contribution is -2.20. The third-order valence-corrected chi connectivity index (χ3v) is 6.00. The molecule has 7 heteroatoms. The number of rotatable bonds is 1. The number of benzene rings is 2. The van der Waals surface area contributed by atoms with Crippen LogP contribution in [0.4, 0.5) is 5.69 Å². The van der Waals surface area contributed by atoms with Crippen molar-refractivity contribution >= 4 is 73.9 Å². The molecule has 114 valence electrons. The molecule has 0 bridgehead atoms. The summed E-state index contributed by atoms with van der Waals surface area (Å²) in [5.41, 5.74) is 2.97. The molecule has 1 heterocycles. The maximum absolute atomic E-state index is 9.83. The molecule has 0 radical (unpaired) electrons. The summed E-state index contributed by atoms with van der Waals surface area (Å²) in [4.78, 5) is 2.06. The summed E-state index contributed by atoms with van der Waals surface area (Å²) in [6.07, 6.45) is 1.96. The Morgan fingerprint density at radius 1 is 0.955 bits per heavy atom. The molecule has 1 aliphatic heterocycles. The highest BCUT2D eigenvalue weighted by atomic mass is 79.9. The summed E-state index contributed by atoms with van der Waals surface area (Å²) in [5.74, 6) is 0.393. The standard InChI is InChI=1S/C15H9Br4NO2/c16-9-3-8(4-10(17)15(9)22)20-5-7-1-2-12(21)14(19)13(7)11(18)6-20/h1-4,6,21-22H,5H2. The second kappa shape index (κ2) is 6.19. The number of aromatic hydroxyl groups is 2. The van der Waals surface area contributed by atoms with Crippen LogP contribution >= 0.6 is 63.7 Å². The lowest BCUT2D eigenvalue weighted by molar-refractivity contribution is 0.468. The predicted octanol–water partition coefficient (Wildman–Crippen LogP) is 6.10. The number of fused-ring (bicyclic) bond motifs is 1. The highest BCUT2D eigenvalue weighted by Gasteiger charge is 2.22. The van der Waals surface area contributed by atoms with E-state index in [1.807, 2.05) is 24.4 Å². The summed E-state index contributed by atoms with van der Waals surface area (Å²) < 4.78 is 2.80. The quantitative estimate of drug-likeness (QED) is 0.448. The molecule has 0 fully saturated rings. The number of hydrogen-bond acceptors (Lipinski definition) is 3. The number of anilines is 1. The first-order chi connectivity index (χ1) is 10.4. The fourth-order valence-electron chi connectivity index (χ4n) is 2.31. The van der Waals surface area contributed by atoms with Crippen LogP contribution in [0.3, 0.4) is 0 Å². The van der Waals surface area contributed by atoms with E-state index in [0.29, 0.717) is 20.0 Å². The van der Waals surface area contributed by atoms with Crippen molar-refractivity contribution in [3.63, 3.8) is 0 Å². The summed E-state index contributed by atoms with van der Waals surface area (Å²) >= 11 is 13.7. The van der Waals surface area contributed by atoms with E-state index in [1.165, 1.54) is 0 Å². The lowest BCUT2D eigenvalue weighted by atomic mass is 10.0. The summed E-state index contributed by atoms with van der Waals surface area (Å²) in [6.45, 7) is 0.660. The summed E-state index contributed by atoms with van der Waals surface area (Å²) in [7, 11) is 0. The first-order valence-electron chi connectivity index (χ1n) is 6.21. The SMILES string of the molecule is Oc1ccc2c(c1Br)C(Br)=CN(c1cc(Br)c(O)c(Br)c1)C2. The molecule has 0 unspecified atom stereocenters. The van der Waals surface area contributed by atoms with Gasteiger partial charge in [-0.05, 0) is 87.5 Å². The second-order valence-electron chi connectivity index (χ2n) is 4.80. The van der Waals surface area contributed by atoms with Crippen molar-refractivity contribution < 1.29 is 10.2 Å². The fraction of sp³-hybridized carbons (Fsp3) is 0.0667. The van der Waals surface area contributed by atoms with Crippen molar-refractivity contribution in [2.24, 2.45) is 0 Å². The van der Waals surface area contributed by atoms with Crippen LogP contribution in [0.5, 0.6) is 11.5 Å². The van der Waals surface area contributed by atoms with E-state index in [2.05, 4.69) is 68.6 Å². The minimum absolute atomic E-state index is 0.178. The van der Waals surface area contributed by atoms with Crippen molar-refractivity contribution in [2.75, 3.05) is 4.90 Å². The van der Waals surface area contributed by atoms with Gasteiger partial charge >= 0.3 is 0 Å². The highest BCUT2D eigenvalue weighted by Crippen LogP contribution is 2.43. The predicted molar refractivity (Wildman–Crippen MR) is 102 cm³/mol. The van der Waals surface area contributed by atoms with Gasteiger partial charge in [0.05, 0.1) is 13.4 Å². The molecule has 0 atom stereocenters. The largest absolute Gasteiger partial charge is 0.507 e. The Morgan fingerprint density at radius 3 is 2.23 bits per heavy atom. The molecule has 0 amide bonds. The molecule has 2 N–H and O–H groups in total. The van der Waals surface area contributed by atoms with Crippen LogP contribution in [-0.2, 0) is 6.54 Å². The monoisotopic (exact) mass is 551 g/mol. The Kier molecular flexibility index (Phi) is 4.60. The van der Waals surface area contributed by atoms with Crippen LogP contribution in [0, 0.1) is 0 Å². The molecular formula is C15H9Br4NO2. The second-order valence-corrected chi connectivity index (χ2v) is 8.15. The van der Waals surface area contributed by atoms with Gasteiger partial charge < -0.3 is 15.1 Å². The smallest absolute Gasteiger partial charge is 0.144 e. The average Bonchev–Trinajstić information content (AvgIpc) is 2.47. The maximum atomic E-state index is 9.83. The van der Waals surface area contributed by atoms with Crippen LogP contribution in [0.2, 0.25) is 0 Å². The van der Waals surface area contributed by atoms with Gasteiger partial charge in [-0.15, -0.1) is 0 Å². The normalized spacial score (nSPS) is 13.8. The Morgan fingerprint density at radius 2 is 1.59 bits per heavy atom. The van der Waals surface area contributed by atoms with E-state index in [4.69, 9.17) is 0 Å². The first-order valence-corrected chi connectivity index (χ1v) is 9.38. The molecule has 3 rings (SSSR count). The fourth-order valence-corrected chi connectivity index (χ4v) is 5.04. The van der Waals surface area contributed by atoms with Gasteiger partial charge in [0.25, 0.3) is 0 Å². The zero-order valence-corrected chi connectivity index (χ0v) is 17.3. The maximum Gasteiger partial charge on any atom is 0.144 e. The van der Waals surface area contributed by atoms with E-state index < -0.39 is 0 Å². The number of phenolic OH excluding ortho intramolecular Hbond substituents is 2. The van der Waals surface area contributed by atoms with Crippen LogP contribution in [-0.4, -0.2) is 10.2 Å². The van der Waals surface area contributed by atoms with E-state index in [-0.39, 0.29) is 11.5 Å². The minimum atomic E-state index is 0.178. The van der Waals surface area contributed by atoms with Gasteiger partial charge in [0.15, 0.2) is 0 Å². The molecule has 0 spiro atoms. The topological polar surface area (TPSA) is 43.7 Å². The van der Waals surface area contributed by atoms with Gasteiger partial charge in [-0.1, -0.05) is 6.07 Å². The van der Waals surface area contributed by atoms with Crippen LogP contribution in [0.1, 0.15) is 11.1 Å². The van der Waals surface area contributed by atoms with E-state index >= 15 is 0 Å². The molecule has 0 saturated carbocycles. The highest BCUT2D eigenvalue weighted by molar-refractivity contribution is 9.15. The van der Waals surface area contributed by atoms with Crippen molar-refractivity contribution in [3.05, 3.63) is 55.0 Å². The first kappa shape index (κ1) is 16.4. The third kappa shape index (κ3) is 2.84. The van der Waals surface area contributed by atoms with Crippen molar-refractivity contribution in [3.8, 4) is 11.5 Å². The van der Waals surface area contributed by atoms with Gasteiger partial charge in [0, 0.05) is 28.5 Å². The van der Waals surface area contributed by atoms with Crippen LogP contribution in [0.25, 0.3) is 4.48 Å². The zero-order valence-electron chi connectivity index (χ0n) is 10.9. The zero-order chi connectivity index (χ0) is 16.0. The number of halogens is 4. The Balaban J connectivity index is 2.07. The number of phenols is 2. The minimum Gasteiger partial charge on any atom is -0.507 e. The van der Waals surface area contributed by atoms with Gasteiger partial charge in [-0.25, -0.2) is 0 Å². The molecule has 0 aliphatic carbocycles. The third-order valence-electron chi connectivity index (χ3n) is 3.39. The van der Waals surface area contributed by atoms with E-state index in [9.17, 15) is 10.2 Å². The Labute approximate surface area is 161 Å². The molecular weight excluding hydrogens is 546 g/mol. The number of nitrogens with zero attached hydrogens (tertiary/aromatic N) is 1. The molecule has 1 aliphatic rings. The Bertz CT molecular complexity index is 781. The van der Waals surface area contributed by atoms with Crippen molar-refractivity contribution in [1.82, 2.24) is 0 Å². The molecule has 0 saturated heterocycles. The van der Waals surface area contributed by atoms with E-state index in [1.54, 1.807) is 6.07 Å². The molecule has 2 aromatic rings. The van der Waals surface area contributed by atoms with Crippen LogP contribution < -0.4 is 4.90 Å². The molecule has 2 aromatic carbocycles. The number of hydrogen-bond donors (Lipinski definition) is 2. The summed E-state index contributed by atoms with van der Waals surface area (Å²) in [5, 5.41) is 19.7. The van der Waals surface area contributed by atoms with Gasteiger partial charge in [0.1, 0.15) is 11.5 Å². The van der Waals surface area contributed by atoms with E-state index in [0.717, 1.165) is 21.3 Å². The van der Waals surface area contributed by atoms with Gasteiger partial charge in [-0.3, -0.25) is 0 Å². The summed E-state index contributed by atoms with van der Waals surface area (Å²) in [6, 6.07) is 7.30. The lowest BCUT2D eigenvalue weighted by Gasteiger charge is -2.28. The van der Waals surface area contributed by atoms with Gasteiger partial charge in [0.2, 0.25) is 0 Å². The van der Waals surface area contributed by atoms with Gasteiger partial charge in [-0.2, -0.15) is 0 Å². The average molecular weight is 555 g/mol. The van der Waals surface area contributed by atoms with Crippen molar-refractivity contribution in [1.29, 1.82) is 0 Å². The molecule has 3 nitrogen and oxygen atoms in total. The van der Waals surface area contributed by atoms with Crippen LogP contribution in [0.15, 0.2) is 43.9 Å². The molecule has 0 aromatic heterocycles. The Hall–Kier alpha value is -0.500. The molecule has 22 heavy (non-hydrogen) atoms. The van der Waals surface area contributed by atoms with Crippen molar-refractivity contribution in [2.45, 2.75) is 6.54 Å².